The molecular weight excluding hydrogens is 495 g/mol. The van der Waals surface area contributed by atoms with Gasteiger partial charge in [-0.3, -0.25) is 9.48 Å². The number of thiazole rings is 1. The number of amides is 1. The van der Waals surface area contributed by atoms with E-state index in [-0.39, 0.29) is 18.6 Å². The fraction of sp³-hybridized carbons (Fsp3) is 0.708. The quantitative estimate of drug-likeness (QED) is 0.507. The van der Waals surface area contributed by atoms with E-state index < -0.39 is 18.2 Å². The Morgan fingerprint density at radius 2 is 2.03 bits per heavy atom. The maximum atomic E-state index is 15.5. The number of rotatable bonds is 10. The summed E-state index contributed by atoms with van der Waals surface area (Å²) < 4.78 is 53.7. The van der Waals surface area contributed by atoms with Crippen LogP contribution in [0.15, 0.2) is 12.4 Å². The number of aryl methyl sites for hydroxylation is 1. The van der Waals surface area contributed by atoms with Crippen LogP contribution >= 0.6 is 11.3 Å². The molecule has 200 valence electrons. The number of nitrogens with zero attached hydrogens (tertiary/aromatic N) is 4. The molecule has 1 saturated carbocycles. The third-order valence-corrected chi connectivity index (χ3v) is 7.77. The Morgan fingerprint density at radius 3 is 2.72 bits per heavy atom. The van der Waals surface area contributed by atoms with E-state index in [1.54, 1.807) is 24.1 Å². The van der Waals surface area contributed by atoms with Gasteiger partial charge in [0.05, 0.1) is 18.1 Å². The molecule has 8 nitrogen and oxygen atoms in total. The van der Waals surface area contributed by atoms with Gasteiger partial charge < -0.3 is 19.7 Å². The van der Waals surface area contributed by atoms with Crippen molar-refractivity contribution in [1.82, 2.24) is 25.0 Å². The first kappa shape index (κ1) is 26.7. The van der Waals surface area contributed by atoms with Gasteiger partial charge in [-0.25, -0.2) is 18.2 Å². The number of aromatic nitrogens is 3. The van der Waals surface area contributed by atoms with Crippen LogP contribution in [-0.4, -0.2) is 76.1 Å². The van der Waals surface area contributed by atoms with Crippen LogP contribution < -0.4 is 14.8 Å². The van der Waals surface area contributed by atoms with Crippen molar-refractivity contribution < 1.29 is 27.4 Å². The number of ether oxygens (including phenoxy) is 2. The average Bonchev–Trinajstić information content (AvgIpc) is 3.37. The molecule has 12 heteroatoms. The average molecular weight is 530 g/mol. The van der Waals surface area contributed by atoms with Crippen LogP contribution in [0.5, 0.6) is 10.9 Å². The van der Waals surface area contributed by atoms with Crippen molar-refractivity contribution >= 4 is 17.2 Å². The van der Waals surface area contributed by atoms with Gasteiger partial charge in [0.1, 0.15) is 5.67 Å². The zero-order chi connectivity index (χ0) is 25.8. The molecule has 2 aliphatic rings. The lowest BCUT2D eigenvalue weighted by atomic mass is 9.81. The van der Waals surface area contributed by atoms with Crippen LogP contribution in [0.3, 0.4) is 0 Å². The maximum Gasteiger partial charge on any atom is 0.278 e. The number of carbonyl (C=O) groups is 1. The van der Waals surface area contributed by atoms with Gasteiger partial charge in [0.15, 0.2) is 19.0 Å². The summed E-state index contributed by atoms with van der Waals surface area (Å²) in [6.07, 6.45) is 7.21. The summed E-state index contributed by atoms with van der Waals surface area (Å²) in [6, 6.07) is -0.0387. The Balaban J connectivity index is 1.15. The molecule has 36 heavy (non-hydrogen) atoms. The standard InChI is InChI=1S/C24H34F3N5O3S/c1-23(25,26)16-35-22-30-19-5-10-32(11-6-20(19)36-22)12-9-24(27)7-3-17(4-8-24)29-21(33)15-34-18-13-28-31(2)14-18/h13-14,17H,3-12,15-16H2,1-2H3,(H,29,33). The van der Waals surface area contributed by atoms with Crippen molar-refractivity contribution in [1.29, 1.82) is 0 Å². The van der Waals surface area contributed by atoms with Gasteiger partial charge in [-0.1, -0.05) is 11.3 Å². The van der Waals surface area contributed by atoms with Gasteiger partial charge in [0.25, 0.3) is 17.0 Å². The Bertz CT molecular complexity index is 992. The number of hydrogen-bond acceptors (Lipinski definition) is 7. The SMILES string of the molecule is Cn1cc(OCC(=O)NC2CCC(F)(CCN3CCc4nc(OCC(C)(F)F)sc4CC3)CC2)cn1. The fourth-order valence-corrected chi connectivity index (χ4v) is 5.58. The minimum absolute atomic E-state index is 0.0387. The molecule has 0 unspecified atom stereocenters. The molecule has 2 aromatic heterocycles. The maximum absolute atomic E-state index is 15.5. The molecule has 1 aliphatic heterocycles. The number of hydrogen-bond donors (Lipinski definition) is 1. The van der Waals surface area contributed by atoms with Gasteiger partial charge in [-0.05, 0) is 38.5 Å². The highest BCUT2D eigenvalue weighted by Crippen LogP contribution is 2.35. The van der Waals surface area contributed by atoms with Gasteiger partial charge in [0.2, 0.25) is 0 Å². The second-order valence-electron chi connectivity index (χ2n) is 9.93. The van der Waals surface area contributed by atoms with Crippen molar-refractivity contribution in [2.75, 3.05) is 32.8 Å². The lowest BCUT2D eigenvalue weighted by Gasteiger charge is -2.35. The third kappa shape index (κ3) is 7.83. The largest absolute Gasteiger partial charge is 0.480 e. The van der Waals surface area contributed by atoms with E-state index in [0.717, 1.165) is 37.0 Å². The summed E-state index contributed by atoms with van der Waals surface area (Å²) in [4.78, 5) is 19.9. The highest BCUT2D eigenvalue weighted by Gasteiger charge is 2.36. The molecule has 0 radical (unpaired) electrons. The summed E-state index contributed by atoms with van der Waals surface area (Å²) in [5, 5.41) is 7.24. The van der Waals surface area contributed by atoms with E-state index in [0.29, 0.717) is 56.0 Å². The Kier molecular flexibility index (Phi) is 8.44. The van der Waals surface area contributed by atoms with E-state index in [4.69, 9.17) is 9.47 Å². The number of halogens is 3. The molecule has 0 bridgehead atoms. The molecule has 1 fully saturated rings. The van der Waals surface area contributed by atoms with Crippen LogP contribution in [0.2, 0.25) is 0 Å². The Labute approximate surface area is 213 Å². The molecule has 1 N–H and O–H groups in total. The monoisotopic (exact) mass is 529 g/mol. The molecule has 0 atom stereocenters. The Morgan fingerprint density at radius 1 is 1.28 bits per heavy atom. The first-order valence-electron chi connectivity index (χ1n) is 12.4. The van der Waals surface area contributed by atoms with E-state index in [1.807, 2.05) is 0 Å². The summed E-state index contributed by atoms with van der Waals surface area (Å²) >= 11 is 1.33. The number of alkyl halides is 3. The highest BCUT2D eigenvalue weighted by atomic mass is 32.1. The number of fused-ring (bicyclic) bond motifs is 1. The topological polar surface area (TPSA) is 81.5 Å². The van der Waals surface area contributed by atoms with E-state index in [1.165, 1.54) is 11.3 Å². The fourth-order valence-electron chi connectivity index (χ4n) is 4.64. The zero-order valence-corrected chi connectivity index (χ0v) is 21.6. The van der Waals surface area contributed by atoms with Gasteiger partial charge >= 0.3 is 0 Å². The lowest BCUT2D eigenvalue weighted by Crippen LogP contribution is -2.44. The summed E-state index contributed by atoms with van der Waals surface area (Å²) in [6.45, 7) is 2.26. The predicted molar refractivity (Wildman–Crippen MR) is 130 cm³/mol. The van der Waals surface area contributed by atoms with E-state index in [2.05, 4.69) is 20.3 Å². The second-order valence-corrected chi connectivity index (χ2v) is 11.0. The van der Waals surface area contributed by atoms with Crippen molar-refractivity contribution in [3.8, 4) is 10.9 Å². The molecule has 0 saturated heterocycles. The molecule has 1 aliphatic carbocycles. The molecular formula is C24H34F3N5O3S. The highest BCUT2D eigenvalue weighted by molar-refractivity contribution is 7.13. The van der Waals surface area contributed by atoms with Crippen LogP contribution in [0.25, 0.3) is 0 Å². The molecule has 3 heterocycles. The predicted octanol–water partition coefficient (Wildman–Crippen LogP) is 3.55. The summed E-state index contributed by atoms with van der Waals surface area (Å²) in [7, 11) is 1.77. The van der Waals surface area contributed by atoms with Crippen molar-refractivity contribution in [2.24, 2.45) is 7.05 Å². The number of nitrogens with one attached hydrogen (secondary N) is 1. The smallest absolute Gasteiger partial charge is 0.278 e. The minimum atomic E-state index is -2.89. The van der Waals surface area contributed by atoms with Crippen molar-refractivity contribution in [2.45, 2.75) is 69.5 Å². The summed E-state index contributed by atoms with van der Waals surface area (Å²) in [5.74, 6) is -2.56. The van der Waals surface area contributed by atoms with Crippen molar-refractivity contribution in [3.63, 3.8) is 0 Å². The molecule has 0 spiro atoms. The number of carbonyl (C=O) groups excluding carboxylic acids is 1. The third-order valence-electron chi connectivity index (χ3n) is 6.70. The lowest BCUT2D eigenvalue weighted by molar-refractivity contribution is -0.124. The zero-order valence-electron chi connectivity index (χ0n) is 20.8. The second kappa shape index (κ2) is 11.4. The minimum Gasteiger partial charge on any atom is -0.480 e. The normalized spacial score (nSPS) is 23.1. The van der Waals surface area contributed by atoms with Crippen LogP contribution in [0.4, 0.5) is 13.2 Å². The molecule has 0 aromatic carbocycles. The molecule has 2 aromatic rings. The van der Waals surface area contributed by atoms with Gasteiger partial charge in [0, 0.05) is 50.9 Å². The van der Waals surface area contributed by atoms with Crippen LogP contribution in [0, 0.1) is 0 Å². The van der Waals surface area contributed by atoms with Crippen LogP contribution in [0.1, 0.15) is 49.6 Å². The van der Waals surface area contributed by atoms with Gasteiger partial charge in [-0.15, -0.1) is 0 Å². The first-order valence-corrected chi connectivity index (χ1v) is 13.2. The summed E-state index contributed by atoms with van der Waals surface area (Å²) in [5.41, 5.74) is -0.328. The van der Waals surface area contributed by atoms with Crippen molar-refractivity contribution in [3.05, 3.63) is 23.0 Å². The first-order chi connectivity index (χ1) is 17.1. The van der Waals surface area contributed by atoms with E-state index >= 15 is 4.39 Å². The molecule has 1 amide bonds. The Hall–Kier alpha value is -2.34. The molecule has 4 rings (SSSR count). The van der Waals surface area contributed by atoms with Crippen LogP contribution in [-0.2, 0) is 24.7 Å². The van der Waals surface area contributed by atoms with E-state index in [9.17, 15) is 13.6 Å². The van der Waals surface area contributed by atoms with Gasteiger partial charge in [-0.2, -0.15) is 5.10 Å².